The molecule has 0 radical (unpaired) electrons. The second-order valence-electron chi connectivity index (χ2n) is 12.5. The van der Waals surface area contributed by atoms with Crippen molar-refractivity contribution < 1.29 is 14.1 Å². The van der Waals surface area contributed by atoms with E-state index in [0.717, 1.165) is 67.4 Å². The van der Waals surface area contributed by atoms with Crippen molar-refractivity contribution >= 4 is 33.9 Å². The third-order valence-electron chi connectivity index (χ3n) is 8.30. The molecular formula is C30H39N9O3S. The molecule has 3 aromatic heterocycles. The Hall–Kier alpha value is -3.89. The average molecular weight is 606 g/mol. The van der Waals surface area contributed by atoms with Gasteiger partial charge < -0.3 is 34.6 Å². The van der Waals surface area contributed by atoms with Gasteiger partial charge in [-0.3, -0.25) is 0 Å². The number of hydrogen-bond acceptors (Lipinski definition) is 12. The van der Waals surface area contributed by atoms with E-state index in [2.05, 4.69) is 39.0 Å². The van der Waals surface area contributed by atoms with Crippen LogP contribution in [-0.4, -0.2) is 96.0 Å². The van der Waals surface area contributed by atoms with Gasteiger partial charge in [0.2, 0.25) is 11.7 Å². The number of fused-ring (bicyclic) bond motifs is 1. The first kappa shape index (κ1) is 29.2. The highest BCUT2D eigenvalue weighted by Gasteiger charge is 2.33. The predicted molar refractivity (Wildman–Crippen MR) is 165 cm³/mol. The SMILES string of the molecule is CN1CCN(c2cc(N3CCN(C(=O)OC(C)(C)C)CC3)cc(-c3noc(C4CCCc5sc(N)c(C#N)c54)n3)n2)CC1. The van der Waals surface area contributed by atoms with Crippen molar-refractivity contribution in [3.05, 3.63) is 34.0 Å². The molecule has 2 fully saturated rings. The van der Waals surface area contributed by atoms with Gasteiger partial charge in [-0.2, -0.15) is 10.2 Å². The van der Waals surface area contributed by atoms with Crippen LogP contribution in [0.15, 0.2) is 16.7 Å². The van der Waals surface area contributed by atoms with Gasteiger partial charge in [0.05, 0.1) is 11.5 Å². The molecule has 3 aliphatic rings. The Kier molecular flexibility index (Phi) is 7.91. The Morgan fingerprint density at radius 3 is 2.51 bits per heavy atom. The van der Waals surface area contributed by atoms with Gasteiger partial charge in [0.25, 0.3) is 0 Å². The van der Waals surface area contributed by atoms with E-state index in [4.69, 9.17) is 25.0 Å². The van der Waals surface area contributed by atoms with E-state index in [-0.39, 0.29) is 12.0 Å². The standard InChI is InChI=1S/C30H39N9O3S/c1-30(2,3)41-29(40)39-14-12-37(13-15-39)19-16-22(33-24(17-19)38-10-8-36(4)9-11-38)27-34-28(42-35-27)20-6-5-7-23-25(20)21(18-31)26(32)43-23/h16-17,20H,5-15,32H2,1-4H3. The van der Waals surface area contributed by atoms with Crippen LogP contribution in [0.2, 0.25) is 0 Å². The van der Waals surface area contributed by atoms with Gasteiger partial charge in [-0.05, 0) is 58.7 Å². The van der Waals surface area contributed by atoms with Crippen molar-refractivity contribution in [1.82, 2.24) is 24.9 Å². The minimum absolute atomic E-state index is 0.158. The number of aryl methyl sites for hydroxylation is 1. The van der Waals surface area contributed by atoms with Gasteiger partial charge in [0.15, 0.2) is 0 Å². The van der Waals surface area contributed by atoms with E-state index >= 15 is 0 Å². The van der Waals surface area contributed by atoms with Crippen LogP contribution in [0, 0.1) is 11.3 Å². The van der Waals surface area contributed by atoms with Crippen LogP contribution < -0.4 is 15.5 Å². The van der Waals surface area contributed by atoms with Crippen molar-refractivity contribution in [3.63, 3.8) is 0 Å². The van der Waals surface area contributed by atoms with Crippen LogP contribution in [0.25, 0.3) is 11.5 Å². The molecule has 1 unspecified atom stereocenters. The van der Waals surface area contributed by atoms with Crippen LogP contribution in [-0.2, 0) is 11.2 Å². The summed E-state index contributed by atoms with van der Waals surface area (Å²) >= 11 is 1.49. The van der Waals surface area contributed by atoms with Crippen LogP contribution in [0.4, 0.5) is 21.3 Å². The molecule has 0 spiro atoms. The fourth-order valence-corrected chi connectivity index (χ4v) is 7.11. The Balaban J connectivity index is 1.28. The van der Waals surface area contributed by atoms with Gasteiger partial charge in [0, 0.05) is 69.0 Å². The lowest BCUT2D eigenvalue weighted by atomic mass is 9.85. The number of nitrogens with two attached hydrogens (primary N) is 1. The number of ether oxygens (including phenoxy) is 1. The number of nitrogen functional groups attached to an aromatic ring is 1. The van der Waals surface area contributed by atoms with Gasteiger partial charge in [-0.15, -0.1) is 11.3 Å². The van der Waals surface area contributed by atoms with Crippen LogP contribution in [0.1, 0.15) is 61.4 Å². The highest BCUT2D eigenvalue weighted by Crippen LogP contribution is 2.44. The smallest absolute Gasteiger partial charge is 0.410 e. The maximum atomic E-state index is 12.6. The first-order chi connectivity index (χ1) is 20.6. The lowest BCUT2D eigenvalue weighted by molar-refractivity contribution is 0.0240. The quantitative estimate of drug-likeness (QED) is 0.462. The number of anilines is 3. The van der Waals surface area contributed by atoms with Crippen LogP contribution in [0.3, 0.4) is 0 Å². The summed E-state index contributed by atoms with van der Waals surface area (Å²) in [5.74, 6) is 1.63. The summed E-state index contributed by atoms with van der Waals surface area (Å²) in [6.45, 7) is 11.8. The molecule has 5 heterocycles. The van der Waals surface area contributed by atoms with Crippen molar-refractivity contribution in [2.24, 2.45) is 0 Å². The first-order valence-corrected chi connectivity index (χ1v) is 15.7. The number of piperazine rings is 2. The molecule has 2 aliphatic heterocycles. The molecule has 43 heavy (non-hydrogen) atoms. The minimum atomic E-state index is -0.527. The largest absolute Gasteiger partial charge is 0.444 e. The second-order valence-corrected chi connectivity index (χ2v) is 13.6. The number of thiophene rings is 1. The Bertz CT molecular complexity index is 1520. The molecular weight excluding hydrogens is 566 g/mol. The van der Waals surface area contributed by atoms with Crippen molar-refractivity contribution in [2.45, 2.75) is 51.6 Å². The van der Waals surface area contributed by atoms with Gasteiger partial charge in [0.1, 0.15) is 28.2 Å². The fourth-order valence-electron chi connectivity index (χ4n) is 5.99. The van der Waals surface area contributed by atoms with Crippen LogP contribution in [0.5, 0.6) is 0 Å². The molecule has 2 N–H and O–H groups in total. The number of hydrogen-bond donors (Lipinski definition) is 1. The molecule has 1 aliphatic carbocycles. The Labute approximate surface area is 256 Å². The molecule has 0 bridgehead atoms. The van der Waals surface area contributed by atoms with E-state index in [0.29, 0.717) is 54.2 Å². The van der Waals surface area contributed by atoms with E-state index in [9.17, 15) is 10.1 Å². The molecule has 1 atom stereocenters. The zero-order valence-corrected chi connectivity index (χ0v) is 26.1. The molecule has 228 valence electrons. The Morgan fingerprint density at radius 2 is 1.81 bits per heavy atom. The topological polar surface area (TPSA) is 141 Å². The summed E-state index contributed by atoms with van der Waals surface area (Å²) in [5, 5.41) is 14.7. The van der Waals surface area contributed by atoms with Gasteiger partial charge in [-0.25, -0.2) is 9.78 Å². The lowest BCUT2D eigenvalue weighted by Gasteiger charge is -2.37. The zero-order chi connectivity index (χ0) is 30.3. The Morgan fingerprint density at radius 1 is 1.09 bits per heavy atom. The van der Waals surface area contributed by atoms with E-state index < -0.39 is 5.60 Å². The third kappa shape index (κ3) is 6.12. The number of carbonyl (C=O) groups excluding carboxylic acids is 1. The number of nitriles is 1. The monoisotopic (exact) mass is 605 g/mol. The highest BCUT2D eigenvalue weighted by molar-refractivity contribution is 7.16. The summed E-state index contributed by atoms with van der Waals surface area (Å²) in [6, 6.07) is 6.42. The zero-order valence-electron chi connectivity index (χ0n) is 25.3. The first-order valence-electron chi connectivity index (χ1n) is 14.9. The second kappa shape index (κ2) is 11.7. The maximum Gasteiger partial charge on any atom is 0.410 e. The lowest BCUT2D eigenvalue weighted by Crippen LogP contribution is -2.50. The van der Waals surface area contributed by atoms with E-state index in [1.807, 2.05) is 26.8 Å². The summed E-state index contributed by atoms with van der Waals surface area (Å²) < 4.78 is 11.4. The summed E-state index contributed by atoms with van der Waals surface area (Å²) in [4.78, 5) is 32.3. The van der Waals surface area contributed by atoms with Crippen molar-refractivity contribution in [1.29, 1.82) is 5.26 Å². The molecule has 1 amide bonds. The molecule has 2 saturated heterocycles. The number of nitrogens with zero attached hydrogens (tertiary/aromatic N) is 8. The average Bonchev–Trinajstić information content (AvgIpc) is 3.60. The molecule has 3 aromatic rings. The number of pyridine rings is 1. The molecule has 6 rings (SSSR count). The molecule has 12 nitrogen and oxygen atoms in total. The summed E-state index contributed by atoms with van der Waals surface area (Å²) in [6.07, 6.45) is 2.42. The summed E-state index contributed by atoms with van der Waals surface area (Å²) in [7, 11) is 2.13. The normalized spacial score (nSPS) is 19.7. The number of amides is 1. The number of carbonyl (C=O) groups is 1. The minimum Gasteiger partial charge on any atom is -0.444 e. The number of likely N-dealkylation sites (N-methyl/N-ethyl adjacent to an activating group) is 1. The molecule has 0 saturated carbocycles. The van der Waals surface area contributed by atoms with Gasteiger partial charge in [-0.1, -0.05) is 5.16 Å². The van der Waals surface area contributed by atoms with E-state index in [1.165, 1.54) is 11.3 Å². The van der Waals surface area contributed by atoms with Crippen LogP contribution >= 0.6 is 11.3 Å². The number of aromatic nitrogens is 3. The summed E-state index contributed by atoms with van der Waals surface area (Å²) in [5.41, 5.74) is 8.77. The third-order valence-corrected chi connectivity index (χ3v) is 9.39. The van der Waals surface area contributed by atoms with Gasteiger partial charge >= 0.3 is 6.09 Å². The van der Waals surface area contributed by atoms with Crippen molar-refractivity contribution in [3.8, 4) is 17.6 Å². The van der Waals surface area contributed by atoms with E-state index in [1.54, 1.807) is 4.90 Å². The molecule has 13 heteroatoms. The molecule has 0 aromatic carbocycles. The number of rotatable bonds is 4. The van der Waals surface area contributed by atoms with Crippen molar-refractivity contribution in [2.75, 3.05) is 74.9 Å². The predicted octanol–water partition coefficient (Wildman–Crippen LogP) is 3.92. The maximum absolute atomic E-state index is 12.6. The highest BCUT2D eigenvalue weighted by atomic mass is 32.1. The fraction of sp³-hybridized carbons (Fsp3) is 0.567.